The fourth-order valence-corrected chi connectivity index (χ4v) is 3.18. The smallest absolute Gasteiger partial charge is 0.00104 e. The van der Waals surface area contributed by atoms with Crippen LogP contribution in [0.2, 0.25) is 0 Å². The summed E-state index contributed by atoms with van der Waals surface area (Å²) in [5, 5.41) is 6.42. The third-order valence-corrected chi connectivity index (χ3v) is 4.43. The van der Waals surface area contributed by atoms with Gasteiger partial charge in [0.05, 0.1) is 0 Å². The zero-order chi connectivity index (χ0) is 13.2. The van der Waals surface area contributed by atoms with E-state index in [4.69, 9.17) is 0 Å². The van der Waals surface area contributed by atoms with Crippen molar-refractivity contribution >= 4 is 10.8 Å². The minimum Gasteiger partial charge on any atom is -0.314 e. The van der Waals surface area contributed by atoms with Gasteiger partial charge in [-0.3, -0.25) is 0 Å². The van der Waals surface area contributed by atoms with Crippen LogP contribution in [0, 0.1) is 5.92 Å². The van der Waals surface area contributed by atoms with Crippen LogP contribution in [-0.4, -0.2) is 12.6 Å². The van der Waals surface area contributed by atoms with Crippen molar-refractivity contribution < 1.29 is 0 Å². The minimum atomic E-state index is 0.591. The summed E-state index contributed by atoms with van der Waals surface area (Å²) >= 11 is 0. The van der Waals surface area contributed by atoms with E-state index in [0.29, 0.717) is 6.04 Å². The quantitative estimate of drug-likeness (QED) is 0.855. The molecule has 1 saturated carbocycles. The Morgan fingerprint density at radius 2 is 1.84 bits per heavy atom. The van der Waals surface area contributed by atoms with E-state index in [0.717, 1.165) is 18.4 Å². The Morgan fingerprint density at radius 1 is 1.05 bits per heavy atom. The maximum Gasteiger partial charge on any atom is 0.00104 e. The van der Waals surface area contributed by atoms with Crippen molar-refractivity contribution in [1.82, 2.24) is 5.32 Å². The molecule has 2 unspecified atom stereocenters. The lowest BCUT2D eigenvalue weighted by molar-refractivity contribution is 0.242. The van der Waals surface area contributed by atoms with Crippen molar-refractivity contribution in [2.45, 2.75) is 38.6 Å². The Labute approximate surface area is 116 Å². The molecule has 0 saturated heterocycles. The highest BCUT2D eigenvalue weighted by Crippen LogP contribution is 2.44. The van der Waals surface area contributed by atoms with Crippen molar-refractivity contribution in [2.24, 2.45) is 5.92 Å². The standard InChI is InChI=1S/C18H23N/c1-13(2)19-12-15-10-11-17(15)18-9-5-7-14-6-3-4-8-16(14)18/h3-9,13,15,17,19H,10-12H2,1-2H3. The predicted molar refractivity (Wildman–Crippen MR) is 82.6 cm³/mol. The molecule has 0 aliphatic heterocycles. The van der Waals surface area contributed by atoms with E-state index in [1.54, 1.807) is 5.56 Å². The van der Waals surface area contributed by atoms with E-state index in [1.165, 1.54) is 23.6 Å². The first kappa shape index (κ1) is 12.7. The highest BCUT2D eigenvalue weighted by molar-refractivity contribution is 5.86. The highest BCUT2D eigenvalue weighted by Gasteiger charge is 2.32. The number of hydrogen-bond donors (Lipinski definition) is 1. The van der Waals surface area contributed by atoms with E-state index >= 15 is 0 Å². The van der Waals surface area contributed by atoms with Gasteiger partial charge in [-0.25, -0.2) is 0 Å². The predicted octanol–water partition coefficient (Wildman–Crippen LogP) is 4.33. The number of benzene rings is 2. The summed E-state index contributed by atoms with van der Waals surface area (Å²) in [5.41, 5.74) is 1.56. The summed E-state index contributed by atoms with van der Waals surface area (Å²) in [4.78, 5) is 0. The molecule has 0 heterocycles. The molecule has 1 aliphatic carbocycles. The van der Waals surface area contributed by atoms with Gasteiger partial charge in [0.1, 0.15) is 0 Å². The van der Waals surface area contributed by atoms with Crippen LogP contribution < -0.4 is 5.32 Å². The van der Waals surface area contributed by atoms with Crippen LogP contribution in [0.4, 0.5) is 0 Å². The molecule has 0 spiro atoms. The fourth-order valence-electron chi connectivity index (χ4n) is 3.18. The SMILES string of the molecule is CC(C)NCC1CCC1c1cccc2ccccc12. The highest BCUT2D eigenvalue weighted by atomic mass is 14.9. The summed E-state index contributed by atoms with van der Waals surface area (Å²) in [7, 11) is 0. The van der Waals surface area contributed by atoms with Gasteiger partial charge in [-0.15, -0.1) is 0 Å². The van der Waals surface area contributed by atoms with Crippen LogP contribution in [0.3, 0.4) is 0 Å². The molecule has 1 nitrogen and oxygen atoms in total. The first-order valence-electron chi connectivity index (χ1n) is 7.47. The summed E-state index contributed by atoms with van der Waals surface area (Å²) in [6, 6.07) is 16.1. The van der Waals surface area contributed by atoms with Gasteiger partial charge in [0.25, 0.3) is 0 Å². The summed E-state index contributed by atoms with van der Waals surface area (Å²) in [6.45, 7) is 5.61. The van der Waals surface area contributed by atoms with Crippen molar-refractivity contribution in [3.63, 3.8) is 0 Å². The third kappa shape index (κ3) is 2.52. The van der Waals surface area contributed by atoms with Gasteiger partial charge >= 0.3 is 0 Å². The molecule has 2 aromatic rings. The van der Waals surface area contributed by atoms with Crippen LogP contribution in [0.15, 0.2) is 42.5 Å². The normalized spacial score (nSPS) is 22.7. The number of fused-ring (bicyclic) bond motifs is 1. The van der Waals surface area contributed by atoms with Gasteiger partial charge in [-0.2, -0.15) is 0 Å². The van der Waals surface area contributed by atoms with Crippen molar-refractivity contribution in [3.8, 4) is 0 Å². The van der Waals surface area contributed by atoms with E-state index in [9.17, 15) is 0 Å². The molecule has 100 valence electrons. The lowest BCUT2D eigenvalue weighted by Gasteiger charge is -2.38. The largest absolute Gasteiger partial charge is 0.314 e. The molecule has 19 heavy (non-hydrogen) atoms. The average Bonchev–Trinajstić information content (AvgIpc) is 2.38. The molecule has 2 aromatic carbocycles. The number of rotatable bonds is 4. The monoisotopic (exact) mass is 253 g/mol. The number of nitrogens with one attached hydrogen (secondary N) is 1. The molecule has 0 amide bonds. The third-order valence-electron chi connectivity index (χ3n) is 4.43. The van der Waals surface area contributed by atoms with Crippen molar-refractivity contribution in [1.29, 1.82) is 0 Å². The number of hydrogen-bond acceptors (Lipinski definition) is 1. The zero-order valence-electron chi connectivity index (χ0n) is 11.9. The Hall–Kier alpha value is -1.34. The Morgan fingerprint density at radius 3 is 2.58 bits per heavy atom. The molecule has 1 aliphatic rings. The van der Waals surface area contributed by atoms with Crippen molar-refractivity contribution in [3.05, 3.63) is 48.0 Å². The van der Waals surface area contributed by atoms with Gasteiger partial charge in [0.15, 0.2) is 0 Å². The van der Waals surface area contributed by atoms with Crippen LogP contribution >= 0.6 is 0 Å². The molecule has 2 atom stereocenters. The molecule has 1 N–H and O–H groups in total. The van der Waals surface area contributed by atoms with E-state index in [2.05, 4.69) is 61.6 Å². The maximum absolute atomic E-state index is 3.60. The fraction of sp³-hybridized carbons (Fsp3) is 0.444. The van der Waals surface area contributed by atoms with E-state index < -0.39 is 0 Å². The van der Waals surface area contributed by atoms with E-state index in [1.807, 2.05) is 0 Å². The molecule has 1 fully saturated rings. The van der Waals surface area contributed by atoms with Gasteiger partial charge in [0.2, 0.25) is 0 Å². The second-order valence-electron chi connectivity index (χ2n) is 6.08. The molecule has 0 radical (unpaired) electrons. The summed E-state index contributed by atoms with van der Waals surface area (Å²) < 4.78 is 0. The average molecular weight is 253 g/mol. The molecule has 0 aromatic heterocycles. The van der Waals surface area contributed by atoms with Crippen LogP contribution in [-0.2, 0) is 0 Å². The second kappa shape index (κ2) is 5.34. The van der Waals surface area contributed by atoms with Crippen molar-refractivity contribution in [2.75, 3.05) is 6.54 Å². The van der Waals surface area contributed by atoms with Gasteiger partial charge in [0, 0.05) is 6.04 Å². The minimum absolute atomic E-state index is 0.591. The Bertz CT molecular complexity index is 553. The Kier molecular flexibility index (Phi) is 3.56. The summed E-state index contributed by atoms with van der Waals surface area (Å²) in [5.74, 6) is 1.56. The summed E-state index contributed by atoms with van der Waals surface area (Å²) in [6.07, 6.45) is 2.71. The van der Waals surface area contributed by atoms with Gasteiger partial charge < -0.3 is 5.32 Å². The van der Waals surface area contributed by atoms with Gasteiger partial charge in [-0.05, 0) is 47.6 Å². The lowest BCUT2D eigenvalue weighted by Crippen LogP contribution is -2.36. The molecule has 0 bridgehead atoms. The van der Waals surface area contributed by atoms with Crippen LogP contribution in [0.5, 0.6) is 0 Å². The zero-order valence-corrected chi connectivity index (χ0v) is 11.9. The van der Waals surface area contributed by atoms with Crippen LogP contribution in [0.1, 0.15) is 38.2 Å². The van der Waals surface area contributed by atoms with E-state index in [-0.39, 0.29) is 0 Å². The van der Waals surface area contributed by atoms with Gasteiger partial charge in [-0.1, -0.05) is 56.3 Å². The first-order valence-corrected chi connectivity index (χ1v) is 7.47. The molecular weight excluding hydrogens is 230 g/mol. The molecule has 3 rings (SSSR count). The Balaban J connectivity index is 1.84. The maximum atomic E-state index is 3.60. The second-order valence-corrected chi connectivity index (χ2v) is 6.08. The molecular formula is C18H23N. The van der Waals surface area contributed by atoms with Crippen LogP contribution in [0.25, 0.3) is 10.8 Å². The topological polar surface area (TPSA) is 12.0 Å². The molecule has 1 heteroatoms. The first-order chi connectivity index (χ1) is 9.25. The lowest BCUT2D eigenvalue weighted by atomic mass is 9.69.